The Labute approximate surface area is 545 Å². The summed E-state index contributed by atoms with van der Waals surface area (Å²) in [5.41, 5.74) is 1.55. The monoisotopic (exact) mass is 1320 g/mol. The van der Waals surface area contributed by atoms with Crippen LogP contribution in [-0.4, -0.2) is 275 Å². The second-order valence-electron chi connectivity index (χ2n) is 23.9. The summed E-state index contributed by atoms with van der Waals surface area (Å²) in [6, 6.07) is 12.4. The van der Waals surface area contributed by atoms with Gasteiger partial charge in [-0.15, -0.1) is 0 Å². The lowest BCUT2D eigenvalue weighted by Crippen LogP contribution is -2.55. The number of amides is 2. The molecule has 0 aliphatic carbocycles. The molecule has 522 valence electrons. The predicted octanol–water partition coefficient (Wildman–Crippen LogP) is 5.01. The van der Waals surface area contributed by atoms with E-state index in [0.717, 1.165) is 54.3 Å². The molecular formula is C65H102F3N11O14. The minimum absolute atomic E-state index is 0.0115. The standard InChI is InChI=1S/C65H102F3N11O14/c1-8-51-42-78(62(87)53-16-18-56(91-11-4)73-60(53)65(66,67)68)31-32-79(51)54-17-15-49(52-14-13-19-72-61(52)92-12-5)40-50(54)41-69-20-21-70-48-63(6,9-2)47-64(7,10-3)93-39-38-90-37-36-89-35-34-88-33-22-71-55(80)43-74-23-25-75(44-57(81)82)27-29-77(46-59(85)86)30-28-76(26-24-74)45-58(83)84/h13-19,40,51,69-70H,8-12,20-39,41-48H2,1-7H3,(H,71,80)(H,81,82)(H,83,84)(H,85,86)/t51-,63+,64?/m1/s1. The Morgan fingerprint density at radius 3 is 1.76 bits per heavy atom. The Morgan fingerprint density at radius 2 is 1.22 bits per heavy atom. The van der Waals surface area contributed by atoms with E-state index in [1.165, 1.54) is 11.0 Å². The van der Waals surface area contributed by atoms with Crippen LogP contribution in [0.2, 0.25) is 0 Å². The molecule has 2 saturated heterocycles. The Morgan fingerprint density at radius 1 is 0.645 bits per heavy atom. The summed E-state index contributed by atoms with van der Waals surface area (Å²) in [6.45, 7) is 22.8. The van der Waals surface area contributed by atoms with Gasteiger partial charge in [-0.05, 0) is 93.3 Å². The van der Waals surface area contributed by atoms with Crippen molar-refractivity contribution >= 4 is 35.4 Å². The normalized spacial score (nSPS) is 17.4. The molecule has 2 fully saturated rings. The average Bonchev–Trinajstić information content (AvgIpc) is 0.801. The number of carbonyl (C=O) groups is 5. The molecule has 0 radical (unpaired) electrons. The lowest BCUT2D eigenvalue weighted by molar-refractivity contribution is -0.142. The molecule has 3 aromatic rings. The van der Waals surface area contributed by atoms with Crippen molar-refractivity contribution in [2.24, 2.45) is 5.41 Å². The van der Waals surface area contributed by atoms with Crippen LogP contribution >= 0.6 is 0 Å². The minimum Gasteiger partial charge on any atom is -0.480 e. The number of aromatic nitrogens is 2. The van der Waals surface area contributed by atoms with E-state index in [-0.39, 0.29) is 114 Å². The third-order valence-corrected chi connectivity index (χ3v) is 16.8. The molecule has 4 heterocycles. The number of ether oxygens (including phenoxy) is 6. The van der Waals surface area contributed by atoms with E-state index in [1.807, 2.05) is 36.9 Å². The molecule has 1 unspecified atom stereocenters. The first kappa shape index (κ1) is 77.4. The van der Waals surface area contributed by atoms with Crippen molar-refractivity contribution in [2.45, 2.75) is 98.5 Å². The second-order valence-corrected chi connectivity index (χ2v) is 23.9. The van der Waals surface area contributed by atoms with Gasteiger partial charge >= 0.3 is 24.1 Å². The summed E-state index contributed by atoms with van der Waals surface area (Å²) in [5.74, 6) is -3.72. The van der Waals surface area contributed by atoms with Crippen molar-refractivity contribution in [1.29, 1.82) is 0 Å². The van der Waals surface area contributed by atoms with Crippen molar-refractivity contribution < 1.29 is 80.9 Å². The Hall–Kier alpha value is -6.34. The summed E-state index contributed by atoms with van der Waals surface area (Å²) >= 11 is 0. The number of carboxylic acids is 3. The number of carbonyl (C=O) groups excluding carboxylic acids is 2. The zero-order chi connectivity index (χ0) is 67.8. The van der Waals surface area contributed by atoms with Crippen LogP contribution in [0.3, 0.4) is 0 Å². The minimum atomic E-state index is -4.85. The zero-order valence-electron chi connectivity index (χ0n) is 55.6. The van der Waals surface area contributed by atoms with Gasteiger partial charge in [0.25, 0.3) is 5.91 Å². The molecular weight excluding hydrogens is 1220 g/mol. The molecule has 0 saturated carbocycles. The first-order valence-electron chi connectivity index (χ1n) is 32.6. The van der Waals surface area contributed by atoms with Crippen LogP contribution in [0.25, 0.3) is 11.1 Å². The molecule has 2 aliphatic heterocycles. The van der Waals surface area contributed by atoms with Gasteiger partial charge in [-0.25, -0.2) is 9.97 Å². The van der Waals surface area contributed by atoms with E-state index in [1.54, 1.807) is 27.8 Å². The van der Waals surface area contributed by atoms with Crippen molar-refractivity contribution in [1.82, 2.24) is 50.4 Å². The summed E-state index contributed by atoms with van der Waals surface area (Å²) in [7, 11) is 0. The number of carboxylic acid groups (broad SMARTS) is 3. The Bertz CT molecular complexity index is 2740. The molecule has 3 atom stereocenters. The lowest BCUT2D eigenvalue weighted by atomic mass is 9.76. The van der Waals surface area contributed by atoms with E-state index in [2.05, 4.69) is 70.6 Å². The molecule has 2 aliphatic rings. The maximum atomic E-state index is 14.3. The van der Waals surface area contributed by atoms with Gasteiger partial charge in [-0.3, -0.25) is 43.6 Å². The number of aliphatic carboxylic acids is 3. The van der Waals surface area contributed by atoms with Crippen LogP contribution < -0.4 is 30.3 Å². The van der Waals surface area contributed by atoms with Gasteiger partial charge in [-0.1, -0.05) is 33.8 Å². The fourth-order valence-corrected chi connectivity index (χ4v) is 11.5. The molecule has 5 rings (SSSR count). The van der Waals surface area contributed by atoms with Crippen molar-refractivity contribution in [2.75, 3.05) is 189 Å². The highest BCUT2D eigenvalue weighted by molar-refractivity contribution is 5.96. The number of benzene rings is 1. The van der Waals surface area contributed by atoms with Gasteiger partial charge in [0.1, 0.15) is 0 Å². The van der Waals surface area contributed by atoms with Gasteiger partial charge in [0.05, 0.1) is 96.8 Å². The van der Waals surface area contributed by atoms with Gasteiger partial charge in [0.2, 0.25) is 17.7 Å². The fraction of sp³-hybridized carbons (Fsp3) is 0.677. The number of hydrogen-bond acceptors (Lipinski definition) is 20. The molecule has 6 N–H and O–H groups in total. The zero-order valence-corrected chi connectivity index (χ0v) is 55.6. The maximum absolute atomic E-state index is 14.3. The van der Waals surface area contributed by atoms with Crippen LogP contribution in [0.15, 0.2) is 48.7 Å². The van der Waals surface area contributed by atoms with E-state index in [9.17, 15) is 52.5 Å². The number of rotatable bonds is 40. The molecule has 1 aromatic carbocycles. The number of nitrogens with zero attached hydrogens (tertiary/aromatic N) is 8. The van der Waals surface area contributed by atoms with Crippen molar-refractivity contribution in [3.8, 4) is 22.9 Å². The number of pyridine rings is 2. The number of halogens is 3. The van der Waals surface area contributed by atoms with Crippen LogP contribution in [0, 0.1) is 5.41 Å². The van der Waals surface area contributed by atoms with E-state index >= 15 is 0 Å². The van der Waals surface area contributed by atoms with Crippen LogP contribution in [0.4, 0.5) is 18.9 Å². The number of anilines is 1. The predicted molar refractivity (Wildman–Crippen MR) is 345 cm³/mol. The molecule has 0 bridgehead atoms. The highest BCUT2D eigenvalue weighted by Crippen LogP contribution is 2.37. The third kappa shape index (κ3) is 27.1. The average molecular weight is 1320 g/mol. The number of hydrogen-bond donors (Lipinski definition) is 6. The number of piperazine rings is 1. The van der Waals surface area contributed by atoms with Gasteiger partial charge < -0.3 is 69.5 Å². The van der Waals surface area contributed by atoms with Crippen molar-refractivity contribution in [3.63, 3.8) is 0 Å². The number of alkyl halides is 3. The topological polar surface area (TPSA) is 283 Å². The van der Waals surface area contributed by atoms with Gasteiger partial charge in [0.15, 0.2) is 5.69 Å². The molecule has 2 amide bonds. The fourth-order valence-electron chi connectivity index (χ4n) is 11.5. The summed E-state index contributed by atoms with van der Waals surface area (Å²) < 4.78 is 77.7. The van der Waals surface area contributed by atoms with E-state index in [0.29, 0.717) is 111 Å². The molecule has 25 nitrogen and oxygen atoms in total. The highest BCUT2D eigenvalue weighted by atomic mass is 19.4. The van der Waals surface area contributed by atoms with Gasteiger partial charge in [-0.2, -0.15) is 13.2 Å². The van der Waals surface area contributed by atoms with Gasteiger partial charge in [0, 0.05) is 134 Å². The summed E-state index contributed by atoms with van der Waals surface area (Å²) in [6.07, 6.45) is 0.0582. The summed E-state index contributed by atoms with van der Waals surface area (Å²) in [4.78, 5) is 80.4. The first-order valence-corrected chi connectivity index (χ1v) is 32.6. The number of nitrogens with one attached hydrogen (secondary N) is 3. The first-order chi connectivity index (χ1) is 44.5. The largest absolute Gasteiger partial charge is 0.480 e. The SMILES string of the molecule is CCOc1ccc(C(=O)N2CCN(c3ccc(-c4cccnc4OCC)cc3CNCCNC[C@@](C)(CC)CC(C)(CC)OCCOCCOCCOCCNC(=O)CN3CCN(CC(=O)O)CCN(CC(=O)O)CCN(CC(=O)O)CC3)[C@H](CC)C2)c(C(F)(F)F)n1. The van der Waals surface area contributed by atoms with Crippen LogP contribution in [-0.2, 0) is 50.8 Å². The third-order valence-electron chi connectivity index (χ3n) is 16.8. The second kappa shape index (κ2) is 40.1. The van der Waals surface area contributed by atoms with Crippen LogP contribution in [0.1, 0.15) is 95.8 Å². The Balaban J connectivity index is 1.01. The molecule has 2 aromatic heterocycles. The maximum Gasteiger partial charge on any atom is 0.434 e. The quantitative estimate of drug-likeness (QED) is 0.0408. The van der Waals surface area contributed by atoms with Crippen molar-refractivity contribution in [3.05, 3.63) is 65.5 Å². The molecule has 93 heavy (non-hydrogen) atoms. The molecule has 28 heteroatoms. The lowest BCUT2D eigenvalue weighted by Gasteiger charge is -2.43. The van der Waals surface area contributed by atoms with E-state index in [4.69, 9.17) is 28.4 Å². The summed E-state index contributed by atoms with van der Waals surface area (Å²) in [5, 5.41) is 38.6. The Kier molecular flexibility index (Phi) is 33.4. The van der Waals surface area contributed by atoms with Crippen LogP contribution in [0.5, 0.6) is 11.8 Å². The molecule has 0 spiro atoms. The smallest absolute Gasteiger partial charge is 0.434 e. The van der Waals surface area contributed by atoms with E-state index < -0.39 is 41.2 Å². The highest BCUT2D eigenvalue weighted by Gasteiger charge is 2.41.